The lowest BCUT2D eigenvalue weighted by atomic mass is 10.0. The van der Waals surface area contributed by atoms with E-state index in [1.807, 2.05) is 18.2 Å². The number of benzene rings is 3. The smallest absolute Gasteiger partial charge is 0.308 e. The van der Waals surface area contributed by atoms with Crippen LogP contribution in [0.25, 0.3) is 22.0 Å². The van der Waals surface area contributed by atoms with Gasteiger partial charge in [-0.05, 0) is 42.7 Å². The summed E-state index contributed by atoms with van der Waals surface area (Å²) in [7, 11) is 4.35. The van der Waals surface area contributed by atoms with Gasteiger partial charge in [0.05, 0.1) is 66.0 Å². The minimum absolute atomic E-state index is 0.262. The molecule has 2 aliphatic rings. The molecule has 1 N–H and O–H groups in total. The Balaban J connectivity index is 1.31. The Kier molecular flexibility index (Phi) is 7.57. The zero-order valence-electron chi connectivity index (χ0n) is 23.4. The number of rotatable bonds is 7. The minimum atomic E-state index is -0.606. The number of esters is 1. The number of hydrogen-bond acceptors (Lipinski definition) is 9. The second kappa shape index (κ2) is 11.3. The molecular weight excluding hydrogens is 595 g/mol. The first kappa shape index (κ1) is 28.7. The Morgan fingerprint density at radius 1 is 0.930 bits per heavy atom. The number of methoxy groups -OCH3 is 3. The lowest BCUT2D eigenvalue weighted by molar-refractivity contribution is -0.145. The van der Waals surface area contributed by atoms with E-state index >= 15 is 0 Å². The van der Waals surface area contributed by atoms with E-state index in [4.69, 9.17) is 37.4 Å². The summed E-state index contributed by atoms with van der Waals surface area (Å²) in [6, 6.07) is 12.7. The Labute approximate surface area is 256 Å². The van der Waals surface area contributed by atoms with Gasteiger partial charge in [-0.1, -0.05) is 41.4 Å². The second-order valence-corrected chi connectivity index (χ2v) is 11.0. The van der Waals surface area contributed by atoms with Crippen molar-refractivity contribution in [2.75, 3.05) is 26.6 Å². The molecule has 2 heterocycles. The predicted octanol–water partition coefficient (Wildman–Crippen LogP) is 5.65. The van der Waals surface area contributed by atoms with Crippen molar-refractivity contribution in [2.24, 2.45) is 5.92 Å². The van der Waals surface area contributed by atoms with Crippen LogP contribution in [0.5, 0.6) is 11.5 Å². The summed E-state index contributed by atoms with van der Waals surface area (Å²) in [6.45, 7) is 0. The van der Waals surface area contributed by atoms with E-state index in [1.54, 1.807) is 36.5 Å². The number of aromatic nitrogens is 2. The molecule has 3 atom stereocenters. The summed E-state index contributed by atoms with van der Waals surface area (Å²) in [5.41, 5.74) is 2.58. The van der Waals surface area contributed by atoms with E-state index < -0.39 is 24.0 Å². The average Bonchev–Trinajstić information content (AvgIpc) is 3.54. The Morgan fingerprint density at radius 3 is 2.19 bits per heavy atom. The van der Waals surface area contributed by atoms with Gasteiger partial charge in [0, 0.05) is 23.2 Å². The summed E-state index contributed by atoms with van der Waals surface area (Å²) in [4.78, 5) is 49.5. The van der Waals surface area contributed by atoms with Crippen LogP contribution < -0.4 is 14.8 Å². The van der Waals surface area contributed by atoms with Crippen molar-refractivity contribution < 1.29 is 28.6 Å². The standard InChI is InChI=1S/C31H26Cl2N4O6/c1-41-23-13-24(42-2)27(33)25(26(23)32)15-8-9-20-17(10-15)14-34-31(35-20)36-21-11-16(30(40)43-3)12-22(21)37-28(38)18-6-4-5-7-19(18)29(37)39/h4-10,13-14,16,21-22H,11-12H2,1-3H3,(H,34,35,36)/t16?,21-,22+/m1/s1. The predicted molar refractivity (Wildman–Crippen MR) is 161 cm³/mol. The van der Waals surface area contributed by atoms with Gasteiger partial charge in [0.25, 0.3) is 11.8 Å². The summed E-state index contributed by atoms with van der Waals surface area (Å²) in [6.07, 6.45) is 2.25. The Hall–Kier alpha value is -4.41. The molecule has 0 bridgehead atoms. The van der Waals surface area contributed by atoms with Crippen molar-refractivity contribution >= 4 is 57.8 Å². The molecule has 1 aliphatic heterocycles. The number of halogens is 2. The van der Waals surface area contributed by atoms with Gasteiger partial charge < -0.3 is 19.5 Å². The molecule has 0 saturated heterocycles. The molecule has 1 aromatic heterocycles. The fraction of sp³-hybridized carbons (Fsp3) is 0.258. The van der Waals surface area contributed by atoms with E-state index in [-0.39, 0.29) is 24.2 Å². The van der Waals surface area contributed by atoms with Crippen LogP contribution >= 0.6 is 23.2 Å². The number of carbonyl (C=O) groups excluding carboxylic acids is 3. The first-order valence-electron chi connectivity index (χ1n) is 13.4. The minimum Gasteiger partial charge on any atom is -0.495 e. The molecular formula is C31H26Cl2N4O6. The number of anilines is 1. The molecule has 43 heavy (non-hydrogen) atoms. The number of carbonyl (C=O) groups is 3. The summed E-state index contributed by atoms with van der Waals surface area (Å²) in [5.74, 6) is -0.552. The van der Waals surface area contributed by atoms with Gasteiger partial charge in [0.1, 0.15) is 11.5 Å². The van der Waals surface area contributed by atoms with Gasteiger partial charge in [-0.3, -0.25) is 19.3 Å². The molecule has 0 spiro atoms. The van der Waals surface area contributed by atoms with Crippen molar-refractivity contribution in [3.63, 3.8) is 0 Å². The largest absolute Gasteiger partial charge is 0.495 e. The summed E-state index contributed by atoms with van der Waals surface area (Å²) < 4.78 is 15.8. The van der Waals surface area contributed by atoms with Crippen molar-refractivity contribution in [1.29, 1.82) is 0 Å². The number of ether oxygens (including phenoxy) is 3. The molecule has 1 aliphatic carbocycles. The molecule has 1 saturated carbocycles. The molecule has 1 fully saturated rings. The maximum absolute atomic E-state index is 13.3. The fourth-order valence-corrected chi connectivity index (χ4v) is 6.61. The summed E-state index contributed by atoms with van der Waals surface area (Å²) in [5, 5.41) is 4.68. The second-order valence-electron chi connectivity index (χ2n) is 10.3. The molecule has 3 aromatic carbocycles. The molecule has 2 amide bonds. The van der Waals surface area contributed by atoms with Gasteiger partial charge in [0.15, 0.2) is 0 Å². The van der Waals surface area contributed by atoms with Crippen LogP contribution in [-0.2, 0) is 9.53 Å². The van der Waals surface area contributed by atoms with Gasteiger partial charge in [-0.25, -0.2) is 9.97 Å². The van der Waals surface area contributed by atoms with E-state index in [0.717, 1.165) is 0 Å². The third-order valence-electron chi connectivity index (χ3n) is 7.98. The van der Waals surface area contributed by atoms with Gasteiger partial charge in [-0.15, -0.1) is 0 Å². The fourth-order valence-electron chi connectivity index (χ4n) is 5.89. The maximum Gasteiger partial charge on any atom is 0.308 e. The van der Waals surface area contributed by atoms with Gasteiger partial charge in [-0.2, -0.15) is 0 Å². The zero-order chi connectivity index (χ0) is 30.4. The average molecular weight is 621 g/mol. The number of nitrogens with zero attached hydrogens (tertiary/aromatic N) is 3. The van der Waals surface area contributed by atoms with Crippen molar-refractivity contribution in [1.82, 2.24) is 14.9 Å². The van der Waals surface area contributed by atoms with Gasteiger partial charge in [0.2, 0.25) is 5.95 Å². The van der Waals surface area contributed by atoms with Crippen LogP contribution in [-0.4, -0.2) is 66.1 Å². The molecule has 10 nitrogen and oxygen atoms in total. The third-order valence-corrected chi connectivity index (χ3v) is 8.73. The Morgan fingerprint density at radius 2 is 1.58 bits per heavy atom. The number of nitrogens with one attached hydrogen (secondary N) is 1. The van der Waals surface area contributed by atoms with Gasteiger partial charge >= 0.3 is 5.97 Å². The van der Waals surface area contributed by atoms with Crippen molar-refractivity contribution in [2.45, 2.75) is 24.9 Å². The molecule has 1 unspecified atom stereocenters. The monoisotopic (exact) mass is 620 g/mol. The van der Waals surface area contributed by atoms with Crippen LogP contribution in [0.1, 0.15) is 33.6 Å². The topological polar surface area (TPSA) is 120 Å². The number of fused-ring (bicyclic) bond motifs is 2. The normalized spacial score (nSPS) is 19.5. The third kappa shape index (κ3) is 4.90. The highest BCUT2D eigenvalue weighted by molar-refractivity contribution is 6.41. The van der Waals surface area contributed by atoms with E-state index in [2.05, 4.69) is 15.3 Å². The molecule has 6 rings (SSSR count). The highest BCUT2D eigenvalue weighted by Gasteiger charge is 2.49. The first-order chi connectivity index (χ1) is 20.7. The lowest BCUT2D eigenvalue weighted by Crippen LogP contribution is -2.47. The number of imide groups is 1. The van der Waals surface area contributed by atoms with Crippen LogP contribution in [0.3, 0.4) is 0 Å². The summed E-state index contributed by atoms with van der Waals surface area (Å²) >= 11 is 13.2. The number of amides is 2. The number of hydrogen-bond donors (Lipinski definition) is 1. The highest BCUT2D eigenvalue weighted by atomic mass is 35.5. The van der Waals surface area contributed by atoms with E-state index in [1.165, 1.54) is 26.2 Å². The highest BCUT2D eigenvalue weighted by Crippen LogP contribution is 2.46. The quantitative estimate of drug-likeness (QED) is 0.206. The molecule has 4 aromatic rings. The molecule has 220 valence electrons. The molecule has 0 radical (unpaired) electrons. The lowest BCUT2D eigenvalue weighted by Gasteiger charge is -2.28. The Bertz CT molecular complexity index is 1730. The zero-order valence-corrected chi connectivity index (χ0v) is 24.9. The van der Waals surface area contributed by atoms with Crippen LogP contribution in [0.2, 0.25) is 10.0 Å². The van der Waals surface area contributed by atoms with Crippen LogP contribution in [0.4, 0.5) is 5.95 Å². The molecule has 12 heteroatoms. The van der Waals surface area contributed by atoms with Crippen LogP contribution in [0.15, 0.2) is 54.7 Å². The van der Waals surface area contributed by atoms with E-state index in [0.29, 0.717) is 61.1 Å². The van der Waals surface area contributed by atoms with Crippen molar-refractivity contribution in [3.8, 4) is 22.6 Å². The van der Waals surface area contributed by atoms with Crippen molar-refractivity contribution in [3.05, 3.63) is 75.9 Å². The first-order valence-corrected chi connectivity index (χ1v) is 14.2. The van der Waals surface area contributed by atoms with Crippen LogP contribution in [0, 0.1) is 5.92 Å². The maximum atomic E-state index is 13.3. The van der Waals surface area contributed by atoms with E-state index in [9.17, 15) is 14.4 Å². The SMILES string of the molecule is COC(=O)C1C[C@@H](Nc2ncc3cc(-c4c(Cl)c(OC)cc(OC)c4Cl)ccc3n2)[C@@H](N2C(=O)c3ccccc3C2=O)C1.